The van der Waals surface area contributed by atoms with Gasteiger partial charge in [-0.15, -0.1) is 6.42 Å². The first kappa shape index (κ1) is 8.75. The van der Waals surface area contributed by atoms with E-state index in [0.717, 1.165) is 13.0 Å². The quantitative estimate of drug-likeness (QED) is 0.509. The van der Waals surface area contributed by atoms with E-state index in [1.165, 1.54) is 0 Å². The molecule has 4 heteroatoms. The number of hydrogen-bond donors (Lipinski definition) is 1. The Morgan fingerprint density at radius 2 is 2.50 bits per heavy atom. The highest BCUT2D eigenvalue weighted by molar-refractivity contribution is 4.88. The van der Waals surface area contributed by atoms with E-state index in [0.29, 0.717) is 18.3 Å². The molecule has 4 nitrogen and oxygen atoms in total. The highest BCUT2D eigenvalue weighted by Crippen LogP contribution is 1.94. The van der Waals surface area contributed by atoms with Crippen LogP contribution in [0.4, 0.5) is 0 Å². The largest absolute Gasteiger partial charge is 0.339 e. The van der Waals surface area contributed by atoms with Crippen molar-refractivity contribution in [1.82, 2.24) is 15.5 Å². The monoisotopic (exact) mass is 165 g/mol. The molecule has 0 unspecified atom stereocenters. The Bertz CT molecular complexity index is 274. The van der Waals surface area contributed by atoms with Gasteiger partial charge in [0.1, 0.15) is 0 Å². The molecule has 12 heavy (non-hydrogen) atoms. The van der Waals surface area contributed by atoms with Gasteiger partial charge in [-0.1, -0.05) is 11.1 Å². The minimum absolute atomic E-state index is 0.577. The van der Waals surface area contributed by atoms with E-state index in [2.05, 4.69) is 21.4 Å². The molecule has 1 heterocycles. The molecule has 0 radical (unpaired) electrons. The van der Waals surface area contributed by atoms with E-state index in [4.69, 9.17) is 10.9 Å². The maximum atomic E-state index is 5.05. The molecule has 0 fully saturated rings. The van der Waals surface area contributed by atoms with Gasteiger partial charge in [-0.05, 0) is 6.92 Å². The highest BCUT2D eigenvalue weighted by Gasteiger charge is 2.00. The summed E-state index contributed by atoms with van der Waals surface area (Å²) in [6.45, 7) is 3.14. The van der Waals surface area contributed by atoms with Crippen molar-refractivity contribution in [3.05, 3.63) is 11.7 Å². The van der Waals surface area contributed by atoms with Crippen LogP contribution in [0.15, 0.2) is 4.52 Å². The Balaban J connectivity index is 2.21. The molecular weight excluding hydrogens is 154 g/mol. The van der Waals surface area contributed by atoms with Crippen LogP contribution < -0.4 is 5.32 Å². The predicted molar refractivity (Wildman–Crippen MR) is 44.4 cm³/mol. The van der Waals surface area contributed by atoms with Crippen LogP contribution >= 0.6 is 0 Å². The van der Waals surface area contributed by atoms with Crippen LogP contribution in [0.25, 0.3) is 0 Å². The van der Waals surface area contributed by atoms with Crippen LogP contribution in [0.2, 0.25) is 0 Å². The lowest BCUT2D eigenvalue weighted by Gasteiger charge is -1.94. The first-order chi connectivity index (χ1) is 5.83. The fourth-order valence-electron chi connectivity index (χ4n) is 0.797. The molecule has 0 spiro atoms. The van der Waals surface area contributed by atoms with Crippen molar-refractivity contribution >= 4 is 0 Å². The fraction of sp³-hybridized carbons (Fsp3) is 0.500. The fourth-order valence-corrected chi connectivity index (χ4v) is 0.797. The lowest BCUT2D eigenvalue weighted by Crippen LogP contribution is -2.17. The number of nitrogens with zero attached hydrogens (tertiary/aromatic N) is 2. The standard InChI is InChI=1S/C8H11N3O/c1-3-5-9-6-4-8-10-7(2)11-12-8/h1,9H,4-6H2,2H3. The summed E-state index contributed by atoms with van der Waals surface area (Å²) < 4.78 is 4.89. The average molecular weight is 165 g/mol. The van der Waals surface area contributed by atoms with Gasteiger partial charge in [0.2, 0.25) is 5.89 Å². The Hall–Kier alpha value is -1.34. The molecule has 0 aliphatic rings. The van der Waals surface area contributed by atoms with Crippen molar-refractivity contribution in [2.75, 3.05) is 13.1 Å². The van der Waals surface area contributed by atoms with Crippen molar-refractivity contribution in [1.29, 1.82) is 0 Å². The van der Waals surface area contributed by atoms with Crippen molar-refractivity contribution in [2.45, 2.75) is 13.3 Å². The van der Waals surface area contributed by atoms with Crippen LogP contribution in [0.5, 0.6) is 0 Å². The Morgan fingerprint density at radius 1 is 1.67 bits per heavy atom. The molecule has 1 N–H and O–H groups in total. The Labute approximate surface area is 71.4 Å². The molecule has 1 aromatic rings. The third-order valence-electron chi connectivity index (χ3n) is 1.31. The second-order valence-corrected chi connectivity index (χ2v) is 2.37. The van der Waals surface area contributed by atoms with E-state index in [1.54, 1.807) is 6.92 Å². The summed E-state index contributed by atoms with van der Waals surface area (Å²) in [5, 5.41) is 6.69. The molecule has 64 valence electrons. The minimum Gasteiger partial charge on any atom is -0.339 e. The molecule has 0 bridgehead atoms. The molecule has 0 saturated carbocycles. The molecule has 0 aromatic carbocycles. The second-order valence-electron chi connectivity index (χ2n) is 2.37. The zero-order valence-electron chi connectivity index (χ0n) is 7.00. The predicted octanol–water partition coefficient (Wildman–Crippen LogP) is 0.143. The molecule has 0 aliphatic heterocycles. The van der Waals surface area contributed by atoms with Gasteiger partial charge in [-0.25, -0.2) is 0 Å². The third-order valence-corrected chi connectivity index (χ3v) is 1.31. The van der Waals surface area contributed by atoms with E-state index in [1.807, 2.05) is 0 Å². The van der Waals surface area contributed by atoms with E-state index < -0.39 is 0 Å². The molecule has 1 rings (SSSR count). The van der Waals surface area contributed by atoms with E-state index >= 15 is 0 Å². The number of aryl methyl sites for hydroxylation is 1. The van der Waals surface area contributed by atoms with Crippen LogP contribution in [-0.2, 0) is 6.42 Å². The summed E-state index contributed by atoms with van der Waals surface area (Å²) in [6.07, 6.45) is 5.77. The van der Waals surface area contributed by atoms with Gasteiger partial charge in [0.05, 0.1) is 6.54 Å². The number of hydrogen-bond acceptors (Lipinski definition) is 4. The first-order valence-corrected chi connectivity index (χ1v) is 3.76. The van der Waals surface area contributed by atoms with Gasteiger partial charge < -0.3 is 9.84 Å². The SMILES string of the molecule is C#CCNCCc1nc(C)no1. The summed E-state index contributed by atoms with van der Waals surface area (Å²) in [7, 11) is 0. The topological polar surface area (TPSA) is 51.0 Å². The summed E-state index contributed by atoms with van der Waals surface area (Å²) >= 11 is 0. The zero-order chi connectivity index (χ0) is 8.81. The van der Waals surface area contributed by atoms with Crippen molar-refractivity contribution < 1.29 is 4.52 Å². The summed E-state index contributed by atoms with van der Waals surface area (Å²) in [4.78, 5) is 4.04. The Kier molecular flexibility index (Phi) is 3.30. The molecule has 1 aromatic heterocycles. The van der Waals surface area contributed by atoms with E-state index in [9.17, 15) is 0 Å². The van der Waals surface area contributed by atoms with Gasteiger partial charge in [-0.2, -0.15) is 4.98 Å². The second kappa shape index (κ2) is 4.52. The molecular formula is C8H11N3O. The number of nitrogens with one attached hydrogen (secondary N) is 1. The van der Waals surface area contributed by atoms with Gasteiger partial charge >= 0.3 is 0 Å². The molecule has 0 atom stereocenters. The number of rotatable bonds is 4. The lowest BCUT2D eigenvalue weighted by molar-refractivity contribution is 0.373. The van der Waals surface area contributed by atoms with Gasteiger partial charge in [0.25, 0.3) is 0 Å². The van der Waals surface area contributed by atoms with Crippen LogP contribution in [0.1, 0.15) is 11.7 Å². The van der Waals surface area contributed by atoms with Gasteiger partial charge in [-0.3, -0.25) is 0 Å². The first-order valence-electron chi connectivity index (χ1n) is 3.76. The lowest BCUT2D eigenvalue weighted by atomic mass is 10.4. The average Bonchev–Trinajstić information content (AvgIpc) is 2.45. The van der Waals surface area contributed by atoms with Gasteiger partial charge in [0, 0.05) is 13.0 Å². The summed E-state index contributed by atoms with van der Waals surface area (Å²) in [5.74, 6) is 3.80. The number of terminal acetylenes is 1. The Morgan fingerprint density at radius 3 is 3.08 bits per heavy atom. The summed E-state index contributed by atoms with van der Waals surface area (Å²) in [5.41, 5.74) is 0. The van der Waals surface area contributed by atoms with Crippen molar-refractivity contribution in [3.8, 4) is 12.3 Å². The van der Waals surface area contributed by atoms with Crippen molar-refractivity contribution in [3.63, 3.8) is 0 Å². The molecule has 0 saturated heterocycles. The molecule has 0 aliphatic carbocycles. The van der Waals surface area contributed by atoms with Crippen molar-refractivity contribution in [2.24, 2.45) is 0 Å². The smallest absolute Gasteiger partial charge is 0.227 e. The van der Waals surface area contributed by atoms with Crippen LogP contribution in [0.3, 0.4) is 0 Å². The minimum atomic E-state index is 0.577. The van der Waals surface area contributed by atoms with Gasteiger partial charge in [0.15, 0.2) is 5.82 Å². The van der Waals surface area contributed by atoms with E-state index in [-0.39, 0.29) is 0 Å². The summed E-state index contributed by atoms with van der Waals surface area (Å²) in [6, 6.07) is 0. The highest BCUT2D eigenvalue weighted by atomic mass is 16.5. The normalized spacial score (nSPS) is 9.67. The maximum Gasteiger partial charge on any atom is 0.227 e. The third kappa shape index (κ3) is 2.72. The molecule has 0 amide bonds. The zero-order valence-corrected chi connectivity index (χ0v) is 7.00. The van der Waals surface area contributed by atoms with Crippen LogP contribution in [0, 0.1) is 19.3 Å². The number of aromatic nitrogens is 2. The van der Waals surface area contributed by atoms with Crippen LogP contribution in [-0.4, -0.2) is 23.2 Å². The maximum absolute atomic E-state index is 5.05.